The minimum absolute atomic E-state index is 0.113. The van der Waals surface area contributed by atoms with Crippen molar-refractivity contribution < 1.29 is 24.1 Å². The first-order chi connectivity index (χ1) is 18.7. The molecule has 1 fully saturated rings. The van der Waals surface area contributed by atoms with Crippen molar-refractivity contribution in [2.75, 3.05) is 51.7 Å². The Bertz CT molecular complexity index is 1250. The normalized spacial score (nSPS) is 14.2. The van der Waals surface area contributed by atoms with Crippen LogP contribution in [0.25, 0.3) is 11.3 Å². The van der Waals surface area contributed by atoms with Crippen molar-refractivity contribution >= 4 is 11.9 Å². The molecule has 1 aliphatic heterocycles. The molecule has 10 nitrogen and oxygen atoms in total. The number of nitrogens with zero attached hydrogens (tertiary/aromatic N) is 4. The molecule has 3 aromatic rings. The SMILES string of the molecule is CC(C)(C)OC(=O)N1CCN(CCOc2cccc(CCOc3cc(-c4ccccc4O)nnc3N)c2)CC1. The summed E-state index contributed by atoms with van der Waals surface area (Å²) in [5.41, 5.74) is 7.59. The Morgan fingerprint density at radius 1 is 0.974 bits per heavy atom. The zero-order valence-corrected chi connectivity index (χ0v) is 22.8. The lowest BCUT2D eigenvalue weighted by molar-refractivity contribution is 0.0137. The van der Waals surface area contributed by atoms with Gasteiger partial charge in [0.2, 0.25) is 0 Å². The lowest BCUT2D eigenvalue weighted by Gasteiger charge is -2.35. The molecular formula is C29H37N5O5. The first kappa shape index (κ1) is 28.0. The van der Waals surface area contributed by atoms with Crippen LogP contribution in [0.1, 0.15) is 26.3 Å². The van der Waals surface area contributed by atoms with Gasteiger partial charge in [-0.3, -0.25) is 4.90 Å². The molecule has 3 N–H and O–H groups in total. The van der Waals surface area contributed by atoms with Crippen molar-refractivity contribution in [3.63, 3.8) is 0 Å². The van der Waals surface area contributed by atoms with Gasteiger partial charge in [-0.2, -0.15) is 0 Å². The van der Waals surface area contributed by atoms with Gasteiger partial charge in [-0.25, -0.2) is 4.79 Å². The maximum atomic E-state index is 12.2. The van der Waals surface area contributed by atoms with Gasteiger partial charge in [0.15, 0.2) is 11.6 Å². The largest absolute Gasteiger partial charge is 0.507 e. The fraction of sp³-hybridized carbons (Fsp3) is 0.414. The third-order valence-corrected chi connectivity index (χ3v) is 6.21. The van der Waals surface area contributed by atoms with E-state index < -0.39 is 5.60 Å². The highest BCUT2D eigenvalue weighted by Gasteiger charge is 2.25. The quantitative estimate of drug-likeness (QED) is 0.419. The number of piperazine rings is 1. The summed E-state index contributed by atoms with van der Waals surface area (Å²) in [7, 11) is 0. The topological polar surface area (TPSA) is 123 Å². The van der Waals surface area contributed by atoms with Crippen molar-refractivity contribution in [1.29, 1.82) is 0 Å². The minimum atomic E-state index is -0.483. The molecule has 0 bridgehead atoms. The Hall–Kier alpha value is -4.05. The molecule has 0 saturated carbocycles. The standard InChI is InChI=1S/C29H37N5O5/c1-29(2,3)39-28(36)34-14-12-33(13-15-34)16-18-37-22-8-6-7-21(19-22)11-17-38-26-20-24(31-32-27(26)30)23-9-4-5-10-25(23)35/h4-10,19-20,35H,11-18H2,1-3H3,(H2,30,32). The van der Waals surface area contributed by atoms with Gasteiger partial charge in [0.1, 0.15) is 29.4 Å². The molecule has 1 saturated heterocycles. The Labute approximate surface area is 229 Å². The van der Waals surface area contributed by atoms with E-state index in [1.807, 2.05) is 51.1 Å². The van der Waals surface area contributed by atoms with Crippen LogP contribution in [-0.4, -0.2) is 82.7 Å². The van der Waals surface area contributed by atoms with Crippen LogP contribution >= 0.6 is 0 Å². The maximum Gasteiger partial charge on any atom is 0.410 e. The molecule has 0 radical (unpaired) electrons. The smallest absolute Gasteiger partial charge is 0.410 e. The number of phenols is 1. The number of rotatable bonds is 9. The van der Waals surface area contributed by atoms with Gasteiger partial charge in [-0.1, -0.05) is 24.3 Å². The van der Waals surface area contributed by atoms with E-state index in [-0.39, 0.29) is 17.7 Å². The number of hydrogen-bond acceptors (Lipinski definition) is 9. The molecule has 4 rings (SSSR count). The number of benzene rings is 2. The van der Waals surface area contributed by atoms with Crippen molar-refractivity contribution in [3.8, 4) is 28.5 Å². The highest BCUT2D eigenvalue weighted by Crippen LogP contribution is 2.30. The number of nitrogen functional groups attached to an aromatic ring is 1. The summed E-state index contributed by atoms with van der Waals surface area (Å²) in [4.78, 5) is 16.3. The number of aromatic nitrogens is 2. The first-order valence-corrected chi connectivity index (χ1v) is 13.1. The van der Waals surface area contributed by atoms with E-state index in [0.717, 1.165) is 30.9 Å². The third kappa shape index (κ3) is 8.22. The predicted octanol–water partition coefficient (Wildman–Crippen LogP) is 3.98. The summed E-state index contributed by atoms with van der Waals surface area (Å²) < 4.78 is 17.4. The van der Waals surface area contributed by atoms with Crippen molar-refractivity contribution in [1.82, 2.24) is 20.0 Å². The van der Waals surface area contributed by atoms with Crippen LogP contribution in [-0.2, 0) is 11.2 Å². The van der Waals surface area contributed by atoms with Gasteiger partial charge in [-0.15, -0.1) is 10.2 Å². The molecule has 1 aliphatic rings. The Balaban J connectivity index is 1.21. The molecule has 0 aliphatic carbocycles. The number of nitrogens with two attached hydrogens (primary N) is 1. The minimum Gasteiger partial charge on any atom is -0.507 e. The van der Waals surface area contributed by atoms with Crippen LogP contribution in [0.5, 0.6) is 17.2 Å². The number of ether oxygens (including phenoxy) is 3. The maximum absolute atomic E-state index is 12.2. The molecule has 0 atom stereocenters. The fourth-order valence-corrected chi connectivity index (χ4v) is 4.16. The average molecular weight is 536 g/mol. The van der Waals surface area contributed by atoms with Crippen LogP contribution in [0.4, 0.5) is 10.6 Å². The number of carbonyl (C=O) groups is 1. The number of para-hydroxylation sites is 1. The number of carbonyl (C=O) groups excluding carboxylic acids is 1. The molecule has 2 aromatic carbocycles. The second-order valence-corrected chi connectivity index (χ2v) is 10.4. The molecule has 0 unspecified atom stereocenters. The zero-order chi connectivity index (χ0) is 27.8. The molecule has 39 heavy (non-hydrogen) atoms. The van der Waals surface area contributed by atoms with Crippen molar-refractivity contribution in [3.05, 3.63) is 60.2 Å². The van der Waals surface area contributed by atoms with E-state index in [4.69, 9.17) is 19.9 Å². The average Bonchev–Trinajstić information content (AvgIpc) is 2.90. The summed E-state index contributed by atoms with van der Waals surface area (Å²) in [5, 5.41) is 18.2. The lowest BCUT2D eigenvalue weighted by atomic mass is 10.1. The first-order valence-electron chi connectivity index (χ1n) is 13.1. The summed E-state index contributed by atoms with van der Waals surface area (Å²) in [6.45, 7) is 10.2. The Morgan fingerprint density at radius 2 is 1.74 bits per heavy atom. The Morgan fingerprint density at radius 3 is 2.49 bits per heavy atom. The van der Waals surface area contributed by atoms with Crippen LogP contribution < -0.4 is 15.2 Å². The molecule has 208 valence electrons. The lowest BCUT2D eigenvalue weighted by Crippen LogP contribution is -2.50. The summed E-state index contributed by atoms with van der Waals surface area (Å²) in [5.74, 6) is 1.52. The number of hydrogen-bond donors (Lipinski definition) is 2. The number of amides is 1. The summed E-state index contributed by atoms with van der Waals surface area (Å²) >= 11 is 0. The number of phenolic OH excluding ortho intramolecular Hbond substituents is 1. The highest BCUT2D eigenvalue weighted by atomic mass is 16.6. The van der Waals surface area contributed by atoms with E-state index in [1.54, 1.807) is 29.2 Å². The van der Waals surface area contributed by atoms with Gasteiger partial charge < -0.3 is 30.0 Å². The van der Waals surface area contributed by atoms with E-state index in [0.29, 0.717) is 49.7 Å². The van der Waals surface area contributed by atoms with Crippen LogP contribution in [0.3, 0.4) is 0 Å². The summed E-state index contributed by atoms with van der Waals surface area (Å²) in [6, 6.07) is 16.5. The second kappa shape index (κ2) is 12.7. The third-order valence-electron chi connectivity index (χ3n) is 6.21. The molecular weight excluding hydrogens is 498 g/mol. The molecule has 10 heteroatoms. The van der Waals surface area contributed by atoms with Gasteiger partial charge in [0.25, 0.3) is 0 Å². The monoisotopic (exact) mass is 535 g/mol. The summed E-state index contributed by atoms with van der Waals surface area (Å²) in [6.07, 6.45) is 0.398. The fourth-order valence-electron chi connectivity index (χ4n) is 4.16. The molecule has 2 heterocycles. The molecule has 0 spiro atoms. The zero-order valence-electron chi connectivity index (χ0n) is 22.8. The molecule has 1 amide bonds. The predicted molar refractivity (Wildman–Crippen MR) is 149 cm³/mol. The van der Waals surface area contributed by atoms with Gasteiger partial charge in [0.05, 0.1) is 6.61 Å². The van der Waals surface area contributed by atoms with E-state index in [1.165, 1.54) is 0 Å². The van der Waals surface area contributed by atoms with Crippen molar-refractivity contribution in [2.24, 2.45) is 0 Å². The van der Waals surface area contributed by atoms with E-state index in [2.05, 4.69) is 15.1 Å². The molecule has 1 aromatic heterocycles. The van der Waals surface area contributed by atoms with E-state index in [9.17, 15) is 9.90 Å². The van der Waals surface area contributed by atoms with Gasteiger partial charge >= 0.3 is 6.09 Å². The number of aromatic hydroxyl groups is 1. The van der Waals surface area contributed by atoms with Crippen molar-refractivity contribution in [2.45, 2.75) is 32.8 Å². The Kier molecular flexibility index (Phi) is 9.08. The van der Waals surface area contributed by atoms with Crippen LogP contribution in [0, 0.1) is 0 Å². The number of anilines is 1. The van der Waals surface area contributed by atoms with Gasteiger partial charge in [-0.05, 0) is 50.6 Å². The van der Waals surface area contributed by atoms with E-state index >= 15 is 0 Å². The van der Waals surface area contributed by atoms with Crippen LogP contribution in [0.2, 0.25) is 0 Å². The van der Waals surface area contributed by atoms with Gasteiger partial charge in [0, 0.05) is 50.8 Å². The highest BCUT2D eigenvalue weighted by molar-refractivity contribution is 5.69. The second-order valence-electron chi connectivity index (χ2n) is 10.4. The van der Waals surface area contributed by atoms with Crippen LogP contribution in [0.15, 0.2) is 54.6 Å².